The highest BCUT2D eigenvalue weighted by Gasteiger charge is 2.22. The number of carbonyl (C=O) groups excluding carboxylic acids is 1. The Morgan fingerprint density at radius 2 is 1.55 bits per heavy atom. The highest BCUT2D eigenvalue weighted by atomic mass is 16.2. The molecule has 0 unspecified atom stereocenters. The topological polar surface area (TPSA) is 51.1 Å². The molecule has 0 aliphatic rings. The summed E-state index contributed by atoms with van der Waals surface area (Å²) in [6, 6.07) is 25.0. The van der Waals surface area contributed by atoms with Crippen molar-refractivity contribution in [1.29, 1.82) is 0 Å². The number of rotatable bonds is 5. The minimum Gasteiger partial charge on any atom is -0.345 e. The minimum atomic E-state index is -0.174. The number of benzene rings is 3. The second kappa shape index (κ2) is 8.60. The smallest absolute Gasteiger partial charge is 0.263 e. The summed E-state index contributed by atoms with van der Waals surface area (Å²) in [5.74, 6) is -0.174. The summed E-state index contributed by atoms with van der Waals surface area (Å²) in [5.41, 5.74) is 3.84. The maximum Gasteiger partial charge on any atom is 0.263 e. The molecular formula is C27H26N2O2. The van der Waals surface area contributed by atoms with Crippen LogP contribution in [-0.2, 0) is 0 Å². The summed E-state index contributed by atoms with van der Waals surface area (Å²) in [6.45, 7) is 5.84. The van der Waals surface area contributed by atoms with Crippen LogP contribution in [0.5, 0.6) is 0 Å². The second-order valence-corrected chi connectivity index (χ2v) is 7.83. The number of para-hydroxylation sites is 1. The molecule has 0 saturated carbocycles. The summed E-state index contributed by atoms with van der Waals surface area (Å²) in [7, 11) is 0. The van der Waals surface area contributed by atoms with E-state index in [1.54, 1.807) is 4.57 Å². The maximum absolute atomic E-state index is 13.6. The van der Waals surface area contributed by atoms with Gasteiger partial charge in [0.1, 0.15) is 0 Å². The number of hydrogen-bond donors (Lipinski definition) is 1. The summed E-state index contributed by atoms with van der Waals surface area (Å²) in [4.78, 5) is 27.0. The lowest BCUT2D eigenvalue weighted by molar-refractivity contribution is 0.0936. The lowest BCUT2D eigenvalue weighted by Gasteiger charge is -2.21. The zero-order valence-electron chi connectivity index (χ0n) is 18.1. The average Bonchev–Trinajstić information content (AvgIpc) is 2.79. The third-order valence-corrected chi connectivity index (χ3v) is 5.73. The molecule has 0 spiro atoms. The van der Waals surface area contributed by atoms with Gasteiger partial charge >= 0.3 is 0 Å². The summed E-state index contributed by atoms with van der Waals surface area (Å²) < 4.78 is 1.64. The van der Waals surface area contributed by atoms with Crippen LogP contribution in [0.4, 0.5) is 0 Å². The van der Waals surface area contributed by atoms with Gasteiger partial charge in [-0.15, -0.1) is 0 Å². The molecule has 4 aromatic rings. The van der Waals surface area contributed by atoms with Crippen LogP contribution in [0.1, 0.15) is 46.6 Å². The molecule has 0 bridgehead atoms. The fourth-order valence-electron chi connectivity index (χ4n) is 4.14. The Morgan fingerprint density at radius 1 is 0.903 bits per heavy atom. The van der Waals surface area contributed by atoms with Gasteiger partial charge in [-0.25, -0.2) is 0 Å². The van der Waals surface area contributed by atoms with Gasteiger partial charge < -0.3 is 5.32 Å². The van der Waals surface area contributed by atoms with Crippen LogP contribution in [0, 0.1) is 13.8 Å². The van der Waals surface area contributed by atoms with E-state index in [0.717, 1.165) is 23.2 Å². The Morgan fingerprint density at radius 3 is 2.19 bits per heavy atom. The lowest BCUT2D eigenvalue weighted by Crippen LogP contribution is -2.32. The van der Waals surface area contributed by atoms with Crippen molar-refractivity contribution in [2.24, 2.45) is 0 Å². The number of carbonyl (C=O) groups is 1. The first-order valence-electron chi connectivity index (χ1n) is 10.6. The standard InChI is InChI=1S/C27H26N2O2/c1-4-24(20-11-7-5-8-12-20)28-26(30)25-19(3)29(21-13-9-6-10-14-21)27(31)23-17-18(2)15-16-22(23)25/h5-17,24H,4H2,1-3H3,(H,28,30)/t24-/m0/s1. The summed E-state index contributed by atoms with van der Waals surface area (Å²) in [6.07, 6.45) is 0.768. The normalized spacial score (nSPS) is 12.0. The van der Waals surface area contributed by atoms with Gasteiger partial charge in [-0.05, 0) is 44.0 Å². The molecule has 1 aromatic heterocycles. The highest BCUT2D eigenvalue weighted by molar-refractivity contribution is 6.08. The van der Waals surface area contributed by atoms with E-state index in [-0.39, 0.29) is 17.5 Å². The van der Waals surface area contributed by atoms with E-state index >= 15 is 0 Å². The Balaban J connectivity index is 1.91. The summed E-state index contributed by atoms with van der Waals surface area (Å²) in [5, 5.41) is 4.42. The fourth-order valence-corrected chi connectivity index (χ4v) is 4.14. The van der Waals surface area contributed by atoms with Gasteiger partial charge in [-0.1, -0.05) is 73.2 Å². The second-order valence-electron chi connectivity index (χ2n) is 7.83. The van der Waals surface area contributed by atoms with Crippen molar-refractivity contribution in [2.45, 2.75) is 33.2 Å². The van der Waals surface area contributed by atoms with Gasteiger partial charge in [0, 0.05) is 22.2 Å². The predicted molar refractivity (Wildman–Crippen MR) is 126 cm³/mol. The molecule has 1 N–H and O–H groups in total. The van der Waals surface area contributed by atoms with Crippen LogP contribution < -0.4 is 10.9 Å². The predicted octanol–water partition coefficient (Wildman–Crippen LogP) is 5.49. The minimum absolute atomic E-state index is 0.106. The van der Waals surface area contributed by atoms with Gasteiger partial charge in [0.15, 0.2) is 0 Å². The van der Waals surface area contributed by atoms with Crippen molar-refractivity contribution < 1.29 is 4.79 Å². The van der Waals surface area contributed by atoms with Crippen molar-refractivity contribution in [3.8, 4) is 5.69 Å². The highest BCUT2D eigenvalue weighted by Crippen LogP contribution is 2.25. The quantitative estimate of drug-likeness (QED) is 0.473. The van der Waals surface area contributed by atoms with Crippen molar-refractivity contribution in [2.75, 3.05) is 0 Å². The van der Waals surface area contributed by atoms with Crippen molar-refractivity contribution in [1.82, 2.24) is 9.88 Å². The first-order chi connectivity index (χ1) is 15.0. The van der Waals surface area contributed by atoms with Gasteiger partial charge in [0.25, 0.3) is 11.5 Å². The molecule has 1 heterocycles. The number of aryl methyl sites for hydroxylation is 1. The van der Waals surface area contributed by atoms with E-state index in [4.69, 9.17) is 0 Å². The largest absolute Gasteiger partial charge is 0.345 e. The van der Waals surface area contributed by atoms with Gasteiger partial charge in [-0.3, -0.25) is 14.2 Å². The summed E-state index contributed by atoms with van der Waals surface area (Å²) >= 11 is 0. The van der Waals surface area contributed by atoms with Crippen LogP contribution >= 0.6 is 0 Å². The Hall–Kier alpha value is -3.66. The molecule has 4 nitrogen and oxygen atoms in total. The molecule has 3 aromatic carbocycles. The number of nitrogens with zero attached hydrogens (tertiary/aromatic N) is 1. The molecule has 0 aliphatic carbocycles. The Labute approximate surface area is 182 Å². The first-order valence-corrected chi connectivity index (χ1v) is 10.6. The van der Waals surface area contributed by atoms with Gasteiger partial charge in [0.2, 0.25) is 0 Å². The zero-order chi connectivity index (χ0) is 22.0. The molecule has 1 amide bonds. The Kier molecular flexibility index (Phi) is 5.72. The number of nitrogens with one attached hydrogen (secondary N) is 1. The number of hydrogen-bond acceptors (Lipinski definition) is 2. The van der Waals surface area contributed by atoms with E-state index in [0.29, 0.717) is 22.0 Å². The molecule has 156 valence electrons. The third kappa shape index (κ3) is 3.89. The van der Waals surface area contributed by atoms with E-state index in [1.165, 1.54) is 0 Å². The number of fused-ring (bicyclic) bond motifs is 1. The molecular weight excluding hydrogens is 384 g/mol. The molecule has 0 fully saturated rings. The van der Waals surface area contributed by atoms with E-state index in [2.05, 4.69) is 12.2 Å². The van der Waals surface area contributed by atoms with Crippen LogP contribution in [0.15, 0.2) is 83.7 Å². The molecule has 0 saturated heterocycles. The van der Waals surface area contributed by atoms with Crippen molar-refractivity contribution >= 4 is 16.7 Å². The molecule has 4 rings (SSSR count). The van der Waals surface area contributed by atoms with Gasteiger partial charge in [-0.2, -0.15) is 0 Å². The van der Waals surface area contributed by atoms with E-state index in [1.807, 2.05) is 92.7 Å². The van der Waals surface area contributed by atoms with Gasteiger partial charge in [0.05, 0.1) is 11.6 Å². The maximum atomic E-state index is 13.6. The first kappa shape index (κ1) is 20.6. The third-order valence-electron chi connectivity index (χ3n) is 5.73. The fraction of sp³-hybridized carbons (Fsp3) is 0.185. The zero-order valence-corrected chi connectivity index (χ0v) is 18.1. The van der Waals surface area contributed by atoms with Crippen LogP contribution in [0.3, 0.4) is 0 Å². The van der Waals surface area contributed by atoms with E-state index < -0.39 is 0 Å². The molecule has 31 heavy (non-hydrogen) atoms. The average molecular weight is 411 g/mol. The SMILES string of the molecule is CC[C@H](NC(=O)c1c(C)n(-c2ccccc2)c(=O)c2cc(C)ccc12)c1ccccc1. The van der Waals surface area contributed by atoms with Crippen LogP contribution in [-0.4, -0.2) is 10.5 Å². The molecule has 0 radical (unpaired) electrons. The number of amides is 1. The van der Waals surface area contributed by atoms with Crippen LogP contribution in [0.2, 0.25) is 0 Å². The van der Waals surface area contributed by atoms with E-state index in [9.17, 15) is 9.59 Å². The molecule has 1 atom stereocenters. The monoisotopic (exact) mass is 410 g/mol. The molecule has 0 aliphatic heterocycles. The Bertz CT molecular complexity index is 1290. The van der Waals surface area contributed by atoms with Crippen LogP contribution in [0.25, 0.3) is 16.5 Å². The van der Waals surface area contributed by atoms with Crippen molar-refractivity contribution in [3.63, 3.8) is 0 Å². The lowest BCUT2D eigenvalue weighted by atomic mass is 9.99. The number of pyridine rings is 1. The number of aromatic nitrogens is 1. The molecule has 4 heteroatoms. The van der Waals surface area contributed by atoms with Crippen molar-refractivity contribution in [3.05, 3.63) is 112 Å².